The first kappa shape index (κ1) is 18.1. The van der Waals surface area contributed by atoms with Gasteiger partial charge >= 0.3 is 12.0 Å². The van der Waals surface area contributed by atoms with Crippen molar-refractivity contribution in [1.82, 2.24) is 5.32 Å². The minimum Gasteiger partial charge on any atom is -0.480 e. The zero-order valence-electron chi connectivity index (χ0n) is 14.9. The largest absolute Gasteiger partial charge is 0.480 e. The van der Waals surface area contributed by atoms with Gasteiger partial charge in [0.2, 0.25) is 0 Å². The number of nitrogens with one attached hydrogen (secondary N) is 1. The Morgan fingerprint density at radius 1 is 0.857 bits per heavy atom. The highest BCUT2D eigenvalue weighted by Crippen LogP contribution is 2.47. The van der Waals surface area contributed by atoms with Crippen molar-refractivity contribution in [2.24, 2.45) is 0 Å². The Morgan fingerprint density at radius 3 is 1.96 bits per heavy atom. The van der Waals surface area contributed by atoms with Crippen molar-refractivity contribution >= 4 is 35.1 Å². The van der Waals surface area contributed by atoms with Crippen LogP contribution in [0.3, 0.4) is 0 Å². The van der Waals surface area contributed by atoms with Crippen LogP contribution in [-0.2, 0) is 11.2 Å². The number of para-hydroxylation sites is 2. The molecule has 0 spiro atoms. The van der Waals surface area contributed by atoms with Crippen LogP contribution in [-0.4, -0.2) is 23.1 Å². The molecule has 4 rings (SSSR count). The van der Waals surface area contributed by atoms with E-state index in [2.05, 4.69) is 5.32 Å². The van der Waals surface area contributed by atoms with Crippen LogP contribution in [0.15, 0.2) is 88.7 Å². The Kier molecular flexibility index (Phi) is 5.04. The van der Waals surface area contributed by atoms with Crippen LogP contribution in [0.2, 0.25) is 0 Å². The topological polar surface area (TPSA) is 69.6 Å². The van der Waals surface area contributed by atoms with E-state index in [1.807, 2.05) is 78.9 Å². The maximum absolute atomic E-state index is 13.2. The Labute approximate surface area is 167 Å². The van der Waals surface area contributed by atoms with Gasteiger partial charge in [-0.25, -0.2) is 9.59 Å². The van der Waals surface area contributed by atoms with Crippen molar-refractivity contribution < 1.29 is 14.7 Å². The minimum atomic E-state index is -1.06. The molecular formula is C22H18N2O3S. The first-order chi connectivity index (χ1) is 13.6. The molecule has 0 aliphatic carbocycles. The number of benzene rings is 3. The second kappa shape index (κ2) is 7.78. The van der Waals surface area contributed by atoms with E-state index in [0.29, 0.717) is 0 Å². The molecule has 3 aromatic rings. The molecule has 3 aromatic carbocycles. The molecule has 1 aliphatic rings. The summed E-state index contributed by atoms with van der Waals surface area (Å²) in [5.41, 5.74) is 2.34. The van der Waals surface area contributed by atoms with E-state index in [4.69, 9.17) is 0 Å². The zero-order chi connectivity index (χ0) is 19.5. The summed E-state index contributed by atoms with van der Waals surface area (Å²) in [6.07, 6.45) is 0.216. The molecule has 1 aliphatic heterocycles. The maximum atomic E-state index is 13.2. The summed E-state index contributed by atoms with van der Waals surface area (Å²) in [5, 5.41) is 12.3. The third-order valence-electron chi connectivity index (χ3n) is 4.51. The van der Waals surface area contributed by atoms with Crippen LogP contribution in [0.25, 0.3) is 0 Å². The third kappa shape index (κ3) is 3.59. The predicted molar refractivity (Wildman–Crippen MR) is 109 cm³/mol. The van der Waals surface area contributed by atoms with Crippen molar-refractivity contribution in [2.45, 2.75) is 22.3 Å². The quantitative estimate of drug-likeness (QED) is 0.678. The first-order valence-electron chi connectivity index (χ1n) is 8.87. The molecule has 2 amide bonds. The van der Waals surface area contributed by atoms with E-state index in [1.54, 1.807) is 16.7 Å². The number of nitrogens with zero attached hydrogens (tertiary/aromatic N) is 1. The number of carboxylic acids is 1. The van der Waals surface area contributed by atoms with Crippen molar-refractivity contribution in [3.8, 4) is 0 Å². The van der Waals surface area contributed by atoms with Crippen LogP contribution >= 0.6 is 11.8 Å². The number of carbonyl (C=O) groups excluding carboxylic acids is 1. The van der Waals surface area contributed by atoms with E-state index in [0.717, 1.165) is 26.7 Å². The summed E-state index contributed by atoms with van der Waals surface area (Å²) in [4.78, 5) is 28.4. The normalized spacial score (nSPS) is 13.2. The average Bonchev–Trinajstić information content (AvgIpc) is 2.72. The molecule has 0 fully saturated rings. The van der Waals surface area contributed by atoms with Gasteiger partial charge in [0.05, 0.1) is 11.4 Å². The number of fused-ring (bicyclic) bond motifs is 2. The fraction of sp³-hybridized carbons (Fsp3) is 0.0909. The number of rotatable bonds is 4. The van der Waals surface area contributed by atoms with E-state index < -0.39 is 18.0 Å². The molecule has 0 saturated carbocycles. The van der Waals surface area contributed by atoms with Gasteiger partial charge in [-0.15, -0.1) is 0 Å². The molecule has 28 heavy (non-hydrogen) atoms. The molecule has 5 nitrogen and oxygen atoms in total. The molecule has 1 unspecified atom stereocenters. The summed E-state index contributed by atoms with van der Waals surface area (Å²) in [6, 6.07) is 23.0. The number of hydrogen-bond donors (Lipinski definition) is 2. The number of urea groups is 1. The number of aliphatic carboxylic acids is 1. The van der Waals surface area contributed by atoms with Crippen LogP contribution in [0.1, 0.15) is 5.56 Å². The lowest BCUT2D eigenvalue weighted by molar-refractivity contribution is -0.139. The molecule has 6 heteroatoms. The zero-order valence-corrected chi connectivity index (χ0v) is 15.7. The monoisotopic (exact) mass is 390 g/mol. The molecular weight excluding hydrogens is 372 g/mol. The van der Waals surface area contributed by atoms with E-state index >= 15 is 0 Å². The van der Waals surface area contributed by atoms with Crippen LogP contribution in [0.4, 0.5) is 16.2 Å². The third-order valence-corrected chi connectivity index (χ3v) is 5.64. The number of carbonyl (C=O) groups is 2. The van der Waals surface area contributed by atoms with Gasteiger partial charge in [-0.3, -0.25) is 4.90 Å². The highest BCUT2D eigenvalue weighted by Gasteiger charge is 2.30. The Morgan fingerprint density at radius 2 is 1.39 bits per heavy atom. The summed E-state index contributed by atoms with van der Waals surface area (Å²) in [7, 11) is 0. The van der Waals surface area contributed by atoms with Gasteiger partial charge in [-0.05, 0) is 29.8 Å². The predicted octanol–water partition coefficient (Wildman–Crippen LogP) is 4.69. The lowest BCUT2D eigenvalue weighted by atomic mass is 10.1. The van der Waals surface area contributed by atoms with Gasteiger partial charge in [-0.2, -0.15) is 0 Å². The summed E-state index contributed by atoms with van der Waals surface area (Å²) >= 11 is 1.59. The molecule has 140 valence electrons. The molecule has 0 bridgehead atoms. The standard InChI is InChI=1S/C22H18N2O3S/c25-21(26)16(14-15-8-2-1-3-9-15)23-22(27)24-17-10-4-6-12-19(17)28-20-13-7-5-11-18(20)24/h1-13,16H,14H2,(H,23,27)(H,25,26). The summed E-state index contributed by atoms with van der Waals surface area (Å²) < 4.78 is 0. The smallest absolute Gasteiger partial charge is 0.327 e. The fourth-order valence-electron chi connectivity index (χ4n) is 3.19. The summed E-state index contributed by atoms with van der Waals surface area (Å²) in [6.45, 7) is 0. The highest BCUT2D eigenvalue weighted by atomic mass is 32.2. The maximum Gasteiger partial charge on any atom is 0.327 e. The molecule has 0 radical (unpaired) electrons. The second-order valence-electron chi connectivity index (χ2n) is 6.40. The van der Waals surface area contributed by atoms with Crippen molar-refractivity contribution in [3.63, 3.8) is 0 Å². The molecule has 0 saturated heterocycles. The fourth-order valence-corrected chi connectivity index (χ4v) is 4.24. The van der Waals surface area contributed by atoms with E-state index in [-0.39, 0.29) is 6.42 Å². The number of carboxylic acid groups (broad SMARTS) is 1. The van der Waals surface area contributed by atoms with Crippen molar-refractivity contribution in [1.29, 1.82) is 0 Å². The van der Waals surface area contributed by atoms with Gasteiger partial charge < -0.3 is 10.4 Å². The Hall–Kier alpha value is -3.25. The van der Waals surface area contributed by atoms with Gasteiger partial charge in [0.25, 0.3) is 0 Å². The van der Waals surface area contributed by atoms with Gasteiger partial charge in [0, 0.05) is 16.2 Å². The Balaban J connectivity index is 1.64. The number of anilines is 2. The van der Waals surface area contributed by atoms with Gasteiger partial charge in [0.1, 0.15) is 6.04 Å². The van der Waals surface area contributed by atoms with Crippen molar-refractivity contribution in [2.75, 3.05) is 4.90 Å². The van der Waals surface area contributed by atoms with Crippen LogP contribution in [0.5, 0.6) is 0 Å². The highest BCUT2D eigenvalue weighted by molar-refractivity contribution is 7.99. The minimum absolute atomic E-state index is 0.216. The second-order valence-corrected chi connectivity index (χ2v) is 7.49. The molecule has 1 atom stereocenters. The van der Waals surface area contributed by atoms with Gasteiger partial charge in [0.15, 0.2) is 0 Å². The number of hydrogen-bond acceptors (Lipinski definition) is 3. The van der Waals surface area contributed by atoms with Gasteiger partial charge in [-0.1, -0.05) is 66.4 Å². The summed E-state index contributed by atoms with van der Waals surface area (Å²) in [5.74, 6) is -1.06. The lowest BCUT2D eigenvalue weighted by Crippen LogP contribution is -2.48. The molecule has 0 aromatic heterocycles. The average molecular weight is 390 g/mol. The van der Waals surface area contributed by atoms with Crippen molar-refractivity contribution in [3.05, 3.63) is 84.4 Å². The first-order valence-corrected chi connectivity index (χ1v) is 9.68. The van der Waals surface area contributed by atoms with Crippen LogP contribution in [0, 0.1) is 0 Å². The van der Waals surface area contributed by atoms with E-state index in [1.165, 1.54) is 0 Å². The molecule has 2 N–H and O–H groups in total. The molecule has 1 heterocycles. The Bertz CT molecular complexity index is 978. The number of amides is 2. The SMILES string of the molecule is O=C(O)C(Cc1ccccc1)NC(=O)N1c2ccccc2Sc2ccccc21. The van der Waals surface area contributed by atoms with Crippen LogP contribution < -0.4 is 10.2 Å². The lowest BCUT2D eigenvalue weighted by Gasteiger charge is -2.31. The van der Waals surface area contributed by atoms with E-state index in [9.17, 15) is 14.7 Å².